The zero-order valence-electron chi connectivity index (χ0n) is 12.0. The molecule has 2 aromatic rings. The number of anilines is 1. The van der Waals surface area contributed by atoms with Crippen LogP contribution in [0.2, 0.25) is 5.02 Å². The van der Waals surface area contributed by atoms with E-state index in [2.05, 4.69) is 15.5 Å². The molecule has 0 bridgehead atoms. The van der Waals surface area contributed by atoms with Gasteiger partial charge in [0.15, 0.2) is 5.82 Å². The monoisotopic (exact) mass is 295 g/mol. The number of hydrogen-bond acceptors (Lipinski definition) is 5. The lowest BCUT2D eigenvalue weighted by molar-refractivity contribution is 0.361. The van der Waals surface area contributed by atoms with Crippen molar-refractivity contribution in [2.75, 3.05) is 12.4 Å². The topological polar surface area (TPSA) is 60.2 Å². The van der Waals surface area contributed by atoms with Gasteiger partial charge in [0.2, 0.25) is 5.89 Å². The van der Waals surface area contributed by atoms with Gasteiger partial charge in [-0.2, -0.15) is 4.98 Å². The maximum Gasteiger partial charge on any atom is 0.248 e. The van der Waals surface area contributed by atoms with Crippen LogP contribution in [0.25, 0.3) is 0 Å². The van der Waals surface area contributed by atoms with Gasteiger partial charge in [0.1, 0.15) is 11.8 Å². The van der Waals surface area contributed by atoms with Gasteiger partial charge in [-0.25, -0.2) is 0 Å². The molecular weight excluding hydrogens is 278 g/mol. The Morgan fingerprint density at radius 1 is 1.30 bits per heavy atom. The molecule has 0 amide bonds. The molecule has 5 nitrogen and oxygen atoms in total. The van der Waals surface area contributed by atoms with Crippen molar-refractivity contribution in [3.05, 3.63) is 34.9 Å². The maximum absolute atomic E-state index is 6.09. The highest BCUT2D eigenvalue weighted by molar-refractivity contribution is 6.32. The van der Waals surface area contributed by atoms with Crippen molar-refractivity contribution in [3.63, 3.8) is 0 Å². The van der Waals surface area contributed by atoms with Crippen LogP contribution in [0.1, 0.15) is 44.4 Å². The van der Waals surface area contributed by atoms with E-state index < -0.39 is 0 Å². The summed E-state index contributed by atoms with van der Waals surface area (Å²) in [6, 6.07) is 5.40. The molecule has 0 saturated heterocycles. The molecule has 0 spiro atoms. The third-order valence-corrected chi connectivity index (χ3v) is 3.17. The third-order valence-electron chi connectivity index (χ3n) is 2.88. The van der Waals surface area contributed by atoms with Gasteiger partial charge in [-0.1, -0.05) is 30.6 Å². The summed E-state index contributed by atoms with van der Waals surface area (Å²) in [5.41, 5.74) is 0.868. The number of aromatic nitrogens is 2. The normalized spacial score (nSPS) is 12.5. The SMILES string of the molecule is COc1ccc(N[C@H](C)c2nc(C(C)C)no2)cc1Cl. The minimum Gasteiger partial charge on any atom is -0.495 e. The Morgan fingerprint density at radius 3 is 2.60 bits per heavy atom. The average molecular weight is 296 g/mol. The molecule has 1 heterocycles. The van der Waals surface area contributed by atoms with E-state index in [1.807, 2.05) is 32.9 Å². The van der Waals surface area contributed by atoms with E-state index in [0.29, 0.717) is 22.5 Å². The Bertz CT molecular complexity index is 584. The van der Waals surface area contributed by atoms with Crippen LogP contribution in [-0.4, -0.2) is 17.3 Å². The summed E-state index contributed by atoms with van der Waals surface area (Å²) in [5.74, 6) is 2.15. The largest absolute Gasteiger partial charge is 0.495 e. The van der Waals surface area contributed by atoms with Crippen LogP contribution < -0.4 is 10.1 Å². The number of ether oxygens (including phenoxy) is 1. The van der Waals surface area contributed by atoms with Crippen LogP contribution >= 0.6 is 11.6 Å². The van der Waals surface area contributed by atoms with Crippen molar-refractivity contribution in [1.82, 2.24) is 10.1 Å². The minimum absolute atomic E-state index is 0.0977. The molecule has 0 radical (unpaired) electrons. The summed E-state index contributed by atoms with van der Waals surface area (Å²) in [5, 5.41) is 7.77. The van der Waals surface area contributed by atoms with Gasteiger partial charge in [0, 0.05) is 11.6 Å². The van der Waals surface area contributed by atoms with Gasteiger partial charge in [0.25, 0.3) is 0 Å². The Morgan fingerprint density at radius 2 is 2.05 bits per heavy atom. The van der Waals surface area contributed by atoms with Crippen LogP contribution in [0.5, 0.6) is 5.75 Å². The predicted molar refractivity (Wildman–Crippen MR) is 78.4 cm³/mol. The third kappa shape index (κ3) is 3.22. The van der Waals surface area contributed by atoms with Crippen molar-refractivity contribution in [2.24, 2.45) is 0 Å². The number of hydrogen-bond donors (Lipinski definition) is 1. The summed E-state index contributed by atoms with van der Waals surface area (Å²) < 4.78 is 10.4. The fourth-order valence-electron chi connectivity index (χ4n) is 1.73. The zero-order valence-corrected chi connectivity index (χ0v) is 12.7. The first kappa shape index (κ1) is 14.7. The van der Waals surface area contributed by atoms with Gasteiger partial charge in [-0.05, 0) is 25.1 Å². The van der Waals surface area contributed by atoms with Crippen LogP contribution in [-0.2, 0) is 0 Å². The van der Waals surface area contributed by atoms with Crippen molar-refractivity contribution in [2.45, 2.75) is 32.7 Å². The van der Waals surface area contributed by atoms with E-state index in [1.54, 1.807) is 13.2 Å². The van der Waals surface area contributed by atoms with E-state index in [1.165, 1.54) is 0 Å². The summed E-state index contributed by atoms with van der Waals surface area (Å²) in [7, 11) is 1.59. The minimum atomic E-state index is -0.0977. The van der Waals surface area contributed by atoms with Crippen molar-refractivity contribution in [3.8, 4) is 5.75 Å². The number of halogens is 1. The molecule has 0 unspecified atom stereocenters. The first-order chi connectivity index (χ1) is 9.51. The van der Waals surface area contributed by atoms with Gasteiger partial charge < -0.3 is 14.6 Å². The number of methoxy groups -OCH3 is 1. The highest BCUT2D eigenvalue weighted by Crippen LogP contribution is 2.29. The fourth-order valence-corrected chi connectivity index (χ4v) is 1.98. The van der Waals surface area contributed by atoms with E-state index in [-0.39, 0.29) is 12.0 Å². The molecule has 108 valence electrons. The smallest absolute Gasteiger partial charge is 0.248 e. The average Bonchev–Trinajstić information content (AvgIpc) is 2.88. The number of rotatable bonds is 5. The second-order valence-corrected chi connectivity index (χ2v) is 5.27. The molecule has 0 fully saturated rings. The predicted octanol–water partition coefficient (Wildman–Crippen LogP) is 4.03. The summed E-state index contributed by atoms with van der Waals surface area (Å²) >= 11 is 6.09. The number of nitrogens with zero attached hydrogens (tertiary/aromatic N) is 2. The van der Waals surface area contributed by atoms with E-state index in [0.717, 1.165) is 5.69 Å². The van der Waals surface area contributed by atoms with Gasteiger partial charge >= 0.3 is 0 Å². The molecule has 0 aliphatic carbocycles. The van der Waals surface area contributed by atoms with Crippen LogP contribution in [0.3, 0.4) is 0 Å². The van der Waals surface area contributed by atoms with Crippen molar-refractivity contribution >= 4 is 17.3 Å². The van der Waals surface area contributed by atoms with Crippen LogP contribution in [0, 0.1) is 0 Å². The molecule has 0 aliphatic rings. The lowest BCUT2D eigenvalue weighted by Crippen LogP contribution is -2.07. The molecule has 20 heavy (non-hydrogen) atoms. The van der Waals surface area contributed by atoms with Crippen molar-refractivity contribution < 1.29 is 9.26 Å². The Hall–Kier alpha value is -1.75. The van der Waals surface area contributed by atoms with Gasteiger partial charge in [-0.15, -0.1) is 0 Å². The lowest BCUT2D eigenvalue weighted by Gasteiger charge is -2.12. The first-order valence-electron chi connectivity index (χ1n) is 6.44. The molecule has 0 aliphatic heterocycles. The number of benzene rings is 1. The van der Waals surface area contributed by atoms with Crippen molar-refractivity contribution in [1.29, 1.82) is 0 Å². The molecule has 2 rings (SSSR count). The molecule has 1 atom stereocenters. The summed E-state index contributed by atoms with van der Waals surface area (Å²) in [6.45, 7) is 6.00. The Labute approximate surface area is 123 Å². The molecule has 0 saturated carbocycles. The molecule has 1 aromatic heterocycles. The second kappa shape index (κ2) is 6.13. The van der Waals surface area contributed by atoms with E-state index in [9.17, 15) is 0 Å². The highest BCUT2D eigenvalue weighted by Gasteiger charge is 2.16. The van der Waals surface area contributed by atoms with E-state index >= 15 is 0 Å². The number of nitrogens with one attached hydrogen (secondary N) is 1. The standard InChI is InChI=1S/C14H18ClN3O2/c1-8(2)13-17-14(20-18-13)9(3)16-10-5-6-12(19-4)11(15)7-10/h5-9,16H,1-4H3/t9-/m1/s1. The zero-order chi connectivity index (χ0) is 14.7. The molecule has 1 N–H and O–H groups in total. The fraction of sp³-hybridized carbons (Fsp3) is 0.429. The summed E-state index contributed by atoms with van der Waals surface area (Å²) in [4.78, 5) is 4.36. The Balaban J connectivity index is 2.10. The van der Waals surface area contributed by atoms with Crippen LogP contribution in [0.15, 0.2) is 22.7 Å². The first-order valence-corrected chi connectivity index (χ1v) is 6.82. The Kier molecular flexibility index (Phi) is 4.49. The van der Waals surface area contributed by atoms with E-state index in [4.69, 9.17) is 20.9 Å². The molecule has 1 aromatic carbocycles. The lowest BCUT2D eigenvalue weighted by atomic mass is 10.2. The molecular formula is C14H18ClN3O2. The quantitative estimate of drug-likeness (QED) is 0.902. The summed E-state index contributed by atoms with van der Waals surface area (Å²) in [6.07, 6.45) is 0. The maximum atomic E-state index is 6.09. The second-order valence-electron chi connectivity index (χ2n) is 4.86. The van der Waals surface area contributed by atoms with Gasteiger partial charge in [-0.3, -0.25) is 0 Å². The highest BCUT2D eigenvalue weighted by atomic mass is 35.5. The van der Waals surface area contributed by atoms with Crippen LogP contribution in [0.4, 0.5) is 5.69 Å². The molecule has 6 heteroatoms. The van der Waals surface area contributed by atoms with Gasteiger partial charge in [0.05, 0.1) is 12.1 Å².